The van der Waals surface area contributed by atoms with Crippen molar-refractivity contribution in [2.45, 2.75) is 155 Å². The largest absolute Gasteiger partial charge is 0.111 e. The standard InChI is InChI=1S/C34H58Si/c1-4-6-8-9-10-11-12-13-14-15-16-17-18-19-20-24-31-35(3,33-28-22-21-23-29-33)34-30-25-27-32(34)26-7-5-2/h21-23,25,27-29H,4-20,24,26,30-31H2,1-3H3. The van der Waals surface area contributed by atoms with E-state index in [-0.39, 0.29) is 0 Å². The molecule has 0 aromatic heterocycles. The van der Waals surface area contributed by atoms with E-state index >= 15 is 0 Å². The number of unbranched alkanes of at least 4 members (excludes halogenated alkanes) is 16. The fourth-order valence-electron chi connectivity index (χ4n) is 6.03. The molecule has 1 aliphatic carbocycles. The van der Waals surface area contributed by atoms with Gasteiger partial charge in [-0.3, -0.25) is 0 Å². The van der Waals surface area contributed by atoms with Gasteiger partial charge in [0, 0.05) is 0 Å². The van der Waals surface area contributed by atoms with Crippen LogP contribution in [0.2, 0.25) is 12.6 Å². The maximum absolute atomic E-state index is 2.67. The van der Waals surface area contributed by atoms with Gasteiger partial charge in [0.15, 0.2) is 0 Å². The van der Waals surface area contributed by atoms with Gasteiger partial charge in [0.05, 0.1) is 0 Å². The molecular formula is C34H58Si. The van der Waals surface area contributed by atoms with E-state index in [1.807, 2.05) is 5.20 Å². The highest BCUT2D eigenvalue weighted by atomic mass is 28.3. The Hall–Kier alpha value is -1.08. The Morgan fingerprint density at radius 3 is 1.60 bits per heavy atom. The Balaban J connectivity index is 1.62. The summed E-state index contributed by atoms with van der Waals surface area (Å²) in [5, 5.41) is 3.51. The summed E-state index contributed by atoms with van der Waals surface area (Å²) in [5.74, 6) is 0. The van der Waals surface area contributed by atoms with Crippen LogP contribution in [0.15, 0.2) is 53.3 Å². The van der Waals surface area contributed by atoms with Gasteiger partial charge in [0.2, 0.25) is 0 Å². The first-order valence-electron chi connectivity index (χ1n) is 15.7. The summed E-state index contributed by atoms with van der Waals surface area (Å²) < 4.78 is 0. The van der Waals surface area contributed by atoms with E-state index in [4.69, 9.17) is 0 Å². The molecule has 0 amide bonds. The molecule has 1 aliphatic rings. The van der Waals surface area contributed by atoms with E-state index in [9.17, 15) is 0 Å². The fourth-order valence-corrected chi connectivity index (χ4v) is 10.3. The smallest absolute Gasteiger partial charge is 0.0806 e. The highest BCUT2D eigenvalue weighted by molar-refractivity contribution is 6.96. The third kappa shape index (κ3) is 11.7. The van der Waals surface area contributed by atoms with Gasteiger partial charge in [0.25, 0.3) is 0 Å². The van der Waals surface area contributed by atoms with Gasteiger partial charge < -0.3 is 0 Å². The number of hydrogen-bond acceptors (Lipinski definition) is 0. The van der Waals surface area contributed by atoms with E-state index in [0.717, 1.165) is 0 Å². The third-order valence-corrected chi connectivity index (χ3v) is 13.3. The van der Waals surface area contributed by atoms with E-state index < -0.39 is 8.07 Å². The SMILES string of the molecule is CCCCCCCCCCCCCCCCCC[Si](C)(C1=C(CCCC)C=CC1)c1ccccc1. The summed E-state index contributed by atoms with van der Waals surface area (Å²) in [6.07, 6.45) is 33.3. The monoisotopic (exact) mass is 494 g/mol. The summed E-state index contributed by atoms with van der Waals surface area (Å²) in [7, 11) is -1.60. The maximum Gasteiger partial charge on any atom is 0.111 e. The molecule has 2 rings (SSSR count). The molecule has 198 valence electrons. The average molecular weight is 495 g/mol. The molecule has 0 aliphatic heterocycles. The van der Waals surface area contributed by atoms with Crippen molar-refractivity contribution in [3.63, 3.8) is 0 Å². The number of allylic oxidation sites excluding steroid dienone is 4. The molecule has 1 heteroatoms. The Labute approximate surface area is 221 Å². The lowest BCUT2D eigenvalue weighted by Crippen LogP contribution is -2.47. The minimum absolute atomic E-state index is 1.22. The lowest BCUT2D eigenvalue weighted by molar-refractivity contribution is 0.531. The van der Waals surface area contributed by atoms with Crippen LogP contribution in [0.1, 0.15) is 142 Å². The van der Waals surface area contributed by atoms with Crippen LogP contribution in [0, 0.1) is 0 Å². The van der Waals surface area contributed by atoms with Crippen LogP contribution in [-0.2, 0) is 0 Å². The molecule has 0 saturated heterocycles. The molecule has 1 aromatic rings. The Morgan fingerprint density at radius 1 is 0.600 bits per heavy atom. The number of benzene rings is 1. The maximum atomic E-state index is 2.67. The van der Waals surface area contributed by atoms with Crippen LogP contribution in [0.4, 0.5) is 0 Å². The van der Waals surface area contributed by atoms with Gasteiger partial charge in [0.1, 0.15) is 8.07 Å². The molecule has 1 aromatic carbocycles. The molecular weight excluding hydrogens is 436 g/mol. The van der Waals surface area contributed by atoms with Crippen molar-refractivity contribution in [3.8, 4) is 0 Å². The molecule has 0 heterocycles. The molecule has 0 radical (unpaired) electrons. The molecule has 0 bridgehead atoms. The van der Waals surface area contributed by atoms with E-state index in [2.05, 4.69) is 62.9 Å². The third-order valence-electron chi connectivity index (χ3n) is 8.44. The normalized spacial score (nSPS) is 15.2. The molecule has 0 nitrogen and oxygen atoms in total. The Bertz CT molecular complexity index is 701. The molecule has 1 unspecified atom stereocenters. The lowest BCUT2D eigenvalue weighted by Gasteiger charge is -2.31. The van der Waals surface area contributed by atoms with Gasteiger partial charge >= 0.3 is 0 Å². The predicted molar refractivity (Wildman–Crippen MR) is 162 cm³/mol. The van der Waals surface area contributed by atoms with Crippen molar-refractivity contribution in [2.24, 2.45) is 0 Å². The van der Waals surface area contributed by atoms with Gasteiger partial charge in [-0.25, -0.2) is 0 Å². The second-order valence-electron chi connectivity index (χ2n) is 11.5. The molecule has 0 N–H and O–H groups in total. The molecule has 0 saturated carbocycles. The average Bonchev–Trinajstić information content (AvgIpc) is 3.37. The van der Waals surface area contributed by atoms with Crippen LogP contribution < -0.4 is 5.19 Å². The van der Waals surface area contributed by atoms with Crippen molar-refractivity contribution >= 4 is 13.3 Å². The summed E-state index contributed by atoms with van der Waals surface area (Å²) >= 11 is 0. The van der Waals surface area contributed by atoms with Crippen LogP contribution in [-0.4, -0.2) is 8.07 Å². The molecule has 0 spiro atoms. The van der Waals surface area contributed by atoms with Crippen molar-refractivity contribution in [1.29, 1.82) is 0 Å². The quantitative estimate of drug-likeness (QED) is 0.111. The zero-order chi connectivity index (χ0) is 25.0. The molecule has 0 fully saturated rings. The summed E-state index contributed by atoms with van der Waals surface area (Å²) in [5.41, 5.74) is 1.70. The van der Waals surface area contributed by atoms with Crippen LogP contribution in [0.3, 0.4) is 0 Å². The number of hydrogen-bond donors (Lipinski definition) is 0. The first kappa shape index (κ1) is 30.1. The highest BCUT2D eigenvalue weighted by Gasteiger charge is 2.35. The zero-order valence-corrected chi connectivity index (χ0v) is 24.9. The minimum Gasteiger partial charge on any atom is -0.0806 e. The van der Waals surface area contributed by atoms with E-state index in [1.54, 1.807) is 10.8 Å². The first-order valence-corrected chi connectivity index (χ1v) is 18.4. The van der Waals surface area contributed by atoms with Crippen LogP contribution >= 0.6 is 0 Å². The predicted octanol–water partition coefficient (Wildman–Crippen LogP) is 11.2. The Kier molecular flexibility index (Phi) is 16.4. The van der Waals surface area contributed by atoms with Crippen LogP contribution in [0.25, 0.3) is 0 Å². The lowest BCUT2D eigenvalue weighted by atomic mass is 10.0. The van der Waals surface area contributed by atoms with Crippen molar-refractivity contribution in [3.05, 3.63) is 53.3 Å². The molecule has 35 heavy (non-hydrogen) atoms. The Morgan fingerprint density at radius 2 is 1.09 bits per heavy atom. The molecule has 1 atom stereocenters. The van der Waals surface area contributed by atoms with E-state index in [1.165, 1.54) is 134 Å². The summed E-state index contributed by atoms with van der Waals surface area (Å²) in [6, 6.07) is 13.0. The van der Waals surface area contributed by atoms with E-state index in [0.29, 0.717) is 0 Å². The summed E-state index contributed by atoms with van der Waals surface area (Å²) in [6.45, 7) is 7.30. The topological polar surface area (TPSA) is 0 Å². The van der Waals surface area contributed by atoms with Gasteiger partial charge in [-0.05, 0) is 25.3 Å². The van der Waals surface area contributed by atoms with Gasteiger partial charge in [-0.15, -0.1) is 0 Å². The first-order chi connectivity index (χ1) is 17.2. The van der Waals surface area contributed by atoms with Crippen molar-refractivity contribution in [2.75, 3.05) is 0 Å². The number of rotatable bonds is 22. The van der Waals surface area contributed by atoms with Gasteiger partial charge in [-0.1, -0.05) is 188 Å². The minimum atomic E-state index is -1.60. The zero-order valence-electron chi connectivity index (χ0n) is 23.9. The van der Waals surface area contributed by atoms with Crippen LogP contribution in [0.5, 0.6) is 0 Å². The second-order valence-corrected chi connectivity index (χ2v) is 15.8. The van der Waals surface area contributed by atoms with Crippen molar-refractivity contribution < 1.29 is 0 Å². The second kappa shape index (κ2) is 19.1. The highest BCUT2D eigenvalue weighted by Crippen LogP contribution is 2.34. The van der Waals surface area contributed by atoms with Crippen molar-refractivity contribution in [1.82, 2.24) is 0 Å². The fraction of sp³-hybridized carbons (Fsp3) is 0.706. The van der Waals surface area contributed by atoms with Gasteiger partial charge in [-0.2, -0.15) is 0 Å². The summed E-state index contributed by atoms with van der Waals surface area (Å²) in [4.78, 5) is 0.